The van der Waals surface area contributed by atoms with Crippen molar-refractivity contribution in [3.8, 4) is 0 Å². The average Bonchev–Trinajstić information content (AvgIpc) is 3.52. The van der Waals surface area contributed by atoms with E-state index in [2.05, 4.69) is 48.0 Å². The first kappa shape index (κ1) is 38.7. The van der Waals surface area contributed by atoms with Gasteiger partial charge in [-0.25, -0.2) is 9.10 Å². The molecule has 2 heterocycles. The number of hydrogen-bond donors (Lipinski definition) is 4. The van der Waals surface area contributed by atoms with Crippen LogP contribution in [0, 0.1) is 10.8 Å². The van der Waals surface area contributed by atoms with Crippen molar-refractivity contribution in [2.24, 2.45) is 16.6 Å². The normalized spacial score (nSPS) is 19.5. The molecule has 4 atom stereocenters. The molecule has 0 aromatic rings. The number of Topliss-reactive ketones (excluding diaryl/α,β-unsaturated/α-hetero) is 1. The van der Waals surface area contributed by atoms with E-state index in [-0.39, 0.29) is 42.3 Å². The molecule has 2 aliphatic rings. The van der Waals surface area contributed by atoms with Gasteiger partial charge < -0.3 is 26.6 Å². The Balaban J connectivity index is 0.00000104. The predicted molar refractivity (Wildman–Crippen MR) is 166 cm³/mol. The van der Waals surface area contributed by atoms with Crippen molar-refractivity contribution in [3.05, 3.63) is 0 Å². The molecule has 0 aromatic carbocycles. The summed E-state index contributed by atoms with van der Waals surface area (Å²) in [6, 6.07) is -1.28. The van der Waals surface area contributed by atoms with E-state index in [1.54, 1.807) is 0 Å². The van der Waals surface area contributed by atoms with Crippen LogP contribution in [0.1, 0.15) is 94.9 Å². The summed E-state index contributed by atoms with van der Waals surface area (Å²) in [6.45, 7) is 19.1. The van der Waals surface area contributed by atoms with Crippen LogP contribution in [0.25, 0.3) is 0 Å². The number of carbonyl (C=O) groups excluding carboxylic acids is 5. The van der Waals surface area contributed by atoms with E-state index < -0.39 is 23.8 Å². The van der Waals surface area contributed by atoms with E-state index in [0.29, 0.717) is 19.3 Å². The van der Waals surface area contributed by atoms with E-state index in [4.69, 9.17) is 5.73 Å². The van der Waals surface area contributed by atoms with Crippen molar-refractivity contribution in [2.75, 3.05) is 25.4 Å². The smallest absolute Gasteiger partial charge is 0.315 e. The number of likely N-dealkylation sites (tertiary alicyclic amines) is 1. The largest absolute Gasteiger partial charge is 0.363 e. The van der Waals surface area contributed by atoms with E-state index in [1.165, 1.54) is 6.42 Å². The second-order valence-corrected chi connectivity index (χ2v) is 14.0. The Labute approximate surface area is 252 Å². The highest BCUT2D eigenvalue weighted by atomic mass is 32.2. The predicted octanol–water partition coefficient (Wildman–Crippen LogP) is 3.07. The first-order valence-corrected chi connectivity index (χ1v) is 15.3. The lowest BCUT2D eigenvalue weighted by Gasteiger charge is -2.37. The highest BCUT2D eigenvalue weighted by Crippen LogP contribution is 2.27. The molecule has 0 aliphatic carbocycles. The Morgan fingerprint density at radius 1 is 1.02 bits per heavy atom. The second-order valence-electron chi connectivity index (χ2n) is 12.8. The van der Waals surface area contributed by atoms with Crippen LogP contribution in [0.5, 0.6) is 0 Å². The molecule has 0 aromatic heterocycles. The van der Waals surface area contributed by atoms with Gasteiger partial charge in [0.1, 0.15) is 6.04 Å². The number of nitrogens with zero attached hydrogens (tertiary/aromatic N) is 2. The molecule has 12 heteroatoms. The topological polar surface area (TPSA) is 154 Å². The molecule has 5 N–H and O–H groups in total. The van der Waals surface area contributed by atoms with Crippen molar-refractivity contribution in [1.29, 1.82) is 0 Å². The molecule has 0 spiro atoms. The van der Waals surface area contributed by atoms with E-state index in [0.717, 1.165) is 38.2 Å². The van der Waals surface area contributed by atoms with Gasteiger partial charge in [-0.2, -0.15) is 0 Å². The van der Waals surface area contributed by atoms with Crippen LogP contribution in [0.2, 0.25) is 0 Å². The van der Waals surface area contributed by atoms with Crippen LogP contribution < -0.4 is 21.7 Å². The minimum Gasteiger partial charge on any atom is -0.363 e. The summed E-state index contributed by atoms with van der Waals surface area (Å²) in [5.41, 5.74) is 4.34. The lowest BCUT2D eigenvalue weighted by Crippen LogP contribution is -2.60. The SMILES string of the molecule is C.CC1CCCN1C(=O)C(NC(=O)NC(CN1CCCS1)C(C)(C)C)C(C)(C)C.CCCC(NC=O)C(=O)C(N)=O. The Hall–Kier alpha value is -2.34. The van der Waals surface area contributed by atoms with Crippen LogP contribution in [-0.2, 0) is 19.2 Å². The van der Waals surface area contributed by atoms with E-state index >= 15 is 0 Å². The fraction of sp³-hybridized carbons (Fsp3) is 0.828. The van der Waals surface area contributed by atoms with Gasteiger partial charge in [-0.3, -0.25) is 19.2 Å². The summed E-state index contributed by atoms with van der Waals surface area (Å²) in [7, 11) is 0. The number of amides is 5. The van der Waals surface area contributed by atoms with Gasteiger partial charge in [0.25, 0.3) is 5.91 Å². The number of hydrogen-bond acceptors (Lipinski definition) is 7. The number of nitrogens with two attached hydrogens (primary N) is 1. The van der Waals surface area contributed by atoms with Gasteiger partial charge in [0.15, 0.2) is 0 Å². The number of carbonyl (C=O) groups is 5. The molecular weight excluding hydrogens is 544 g/mol. The van der Waals surface area contributed by atoms with Gasteiger partial charge in [-0.1, -0.05) is 74.3 Å². The van der Waals surface area contributed by atoms with Crippen LogP contribution in [-0.4, -0.2) is 88.8 Å². The third-order valence-electron chi connectivity index (χ3n) is 7.19. The number of rotatable bonds is 11. The minimum atomic E-state index is -1.01. The van der Waals surface area contributed by atoms with Crippen LogP contribution >= 0.6 is 11.9 Å². The number of ketones is 1. The first-order chi connectivity index (χ1) is 18.5. The Kier molecular flexibility index (Phi) is 16.6. The van der Waals surface area contributed by atoms with E-state index in [1.807, 2.05) is 44.5 Å². The van der Waals surface area contributed by atoms with E-state index in [9.17, 15) is 24.0 Å². The van der Waals surface area contributed by atoms with Gasteiger partial charge in [0, 0.05) is 37.5 Å². The maximum atomic E-state index is 13.2. The first-order valence-electron chi connectivity index (χ1n) is 14.3. The Bertz CT molecular complexity index is 867. The lowest BCUT2D eigenvalue weighted by atomic mass is 9.85. The zero-order valence-electron chi connectivity index (χ0n) is 25.7. The Morgan fingerprint density at radius 3 is 2.07 bits per heavy atom. The molecule has 0 saturated carbocycles. The van der Waals surface area contributed by atoms with Gasteiger partial charge >= 0.3 is 6.03 Å². The lowest BCUT2D eigenvalue weighted by molar-refractivity contribution is -0.137. The summed E-state index contributed by atoms with van der Waals surface area (Å²) in [5.74, 6) is -0.570. The zero-order chi connectivity index (χ0) is 30.7. The third kappa shape index (κ3) is 13.0. The molecule has 2 fully saturated rings. The van der Waals surface area contributed by atoms with Crippen molar-refractivity contribution in [3.63, 3.8) is 0 Å². The molecule has 2 rings (SSSR count). The van der Waals surface area contributed by atoms with Gasteiger partial charge in [0.2, 0.25) is 18.1 Å². The molecular formula is C29H56N6O5S. The summed E-state index contributed by atoms with van der Waals surface area (Å²) in [4.78, 5) is 59.3. The van der Waals surface area contributed by atoms with Crippen molar-refractivity contribution >= 4 is 42.0 Å². The highest BCUT2D eigenvalue weighted by Gasteiger charge is 2.39. The molecule has 0 bridgehead atoms. The molecule has 11 nitrogen and oxygen atoms in total. The highest BCUT2D eigenvalue weighted by molar-refractivity contribution is 7.97. The molecule has 41 heavy (non-hydrogen) atoms. The van der Waals surface area contributed by atoms with Crippen LogP contribution in [0.4, 0.5) is 4.79 Å². The van der Waals surface area contributed by atoms with Crippen LogP contribution in [0.15, 0.2) is 0 Å². The van der Waals surface area contributed by atoms with Crippen molar-refractivity contribution in [2.45, 2.75) is 119 Å². The summed E-state index contributed by atoms with van der Waals surface area (Å²) in [6.07, 6.45) is 4.79. The van der Waals surface area contributed by atoms with Crippen molar-refractivity contribution < 1.29 is 24.0 Å². The molecule has 2 saturated heterocycles. The molecule has 2 aliphatic heterocycles. The maximum absolute atomic E-state index is 13.2. The number of nitrogens with one attached hydrogen (secondary N) is 3. The van der Waals surface area contributed by atoms with Crippen LogP contribution in [0.3, 0.4) is 0 Å². The average molecular weight is 601 g/mol. The van der Waals surface area contributed by atoms with Gasteiger partial charge in [0.05, 0.1) is 6.04 Å². The van der Waals surface area contributed by atoms with Gasteiger partial charge in [-0.15, -0.1) is 0 Å². The van der Waals surface area contributed by atoms with Crippen molar-refractivity contribution in [1.82, 2.24) is 25.2 Å². The quantitative estimate of drug-likeness (QED) is 0.161. The number of urea groups is 1. The monoisotopic (exact) mass is 600 g/mol. The summed E-state index contributed by atoms with van der Waals surface area (Å²) in [5, 5.41) is 8.42. The second kappa shape index (κ2) is 17.6. The zero-order valence-corrected chi connectivity index (χ0v) is 26.5. The minimum absolute atomic E-state index is 0. The van der Waals surface area contributed by atoms with Gasteiger partial charge in [-0.05, 0) is 43.4 Å². The summed E-state index contributed by atoms with van der Waals surface area (Å²) < 4.78 is 2.34. The molecule has 5 amide bonds. The standard InChI is InChI=1S/C21H40N4O2S.C7H12N2O3.CH4/c1-15-10-8-12-25(15)18(26)17(21(5,6)7)23-19(27)22-16(20(2,3)4)14-24-11-9-13-28-24;1-2-3-5(9-4-10)6(11)7(8)12;/h15-17H,8-14H2,1-7H3,(H2,22,23,27);4-5H,2-3H2,1H3,(H2,8,12)(H,9,10);1H4. The summed E-state index contributed by atoms with van der Waals surface area (Å²) >= 11 is 1.85. The number of primary amides is 1. The molecule has 0 radical (unpaired) electrons. The molecule has 4 unspecified atom stereocenters. The fourth-order valence-electron chi connectivity index (χ4n) is 4.62. The fourth-order valence-corrected chi connectivity index (χ4v) is 5.65. The molecule has 238 valence electrons. The maximum Gasteiger partial charge on any atom is 0.315 e. The Morgan fingerprint density at radius 2 is 1.66 bits per heavy atom. The third-order valence-corrected chi connectivity index (χ3v) is 8.36.